The van der Waals surface area contributed by atoms with E-state index in [0.29, 0.717) is 18.5 Å². The van der Waals surface area contributed by atoms with Crippen molar-refractivity contribution in [3.63, 3.8) is 0 Å². The Morgan fingerprint density at radius 1 is 1.16 bits per heavy atom. The Labute approximate surface area is 182 Å². The standard InChI is InChI=1S/C21H33N5O5/c1-13(2)17(18(22)28)26-16(27)11-7-6-10-15(25-20(30)31-21(3,4)5)24-19(29)14-9-8-12-23-14/h8-9,12-13,17,23H,6-7,10-11H2,1-5H3,(H2,22,28)(H,26,27)(H,24,25,29,30)/t17-/m0/s1. The van der Waals surface area contributed by atoms with Crippen molar-refractivity contribution in [2.75, 3.05) is 0 Å². The van der Waals surface area contributed by atoms with Gasteiger partial charge in [0.1, 0.15) is 23.2 Å². The van der Waals surface area contributed by atoms with Gasteiger partial charge in [-0.15, -0.1) is 0 Å². The van der Waals surface area contributed by atoms with Crippen molar-refractivity contribution in [3.8, 4) is 0 Å². The smallest absolute Gasteiger partial charge is 0.435 e. The number of nitrogens with one attached hydrogen (secondary N) is 3. The summed E-state index contributed by atoms with van der Waals surface area (Å²) < 4.78 is 5.18. The summed E-state index contributed by atoms with van der Waals surface area (Å²) in [6.07, 6.45) is 2.15. The summed E-state index contributed by atoms with van der Waals surface area (Å²) in [6, 6.07) is 2.54. The molecule has 10 heteroatoms. The van der Waals surface area contributed by atoms with Crippen LogP contribution >= 0.6 is 0 Å². The van der Waals surface area contributed by atoms with Crippen molar-refractivity contribution in [2.24, 2.45) is 16.6 Å². The summed E-state index contributed by atoms with van der Waals surface area (Å²) in [4.78, 5) is 54.5. The Kier molecular flexibility index (Phi) is 9.91. The van der Waals surface area contributed by atoms with Crippen molar-refractivity contribution in [1.82, 2.24) is 15.6 Å². The van der Waals surface area contributed by atoms with Crippen molar-refractivity contribution in [2.45, 2.75) is 71.9 Å². The second-order valence-corrected chi connectivity index (χ2v) is 8.48. The normalized spacial score (nSPS) is 12.9. The quantitative estimate of drug-likeness (QED) is 0.266. The maximum atomic E-state index is 12.3. The number of aromatic nitrogens is 1. The highest BCUT2D eigenvalue weighted by Gasteiger charge is 2.21. The topological polar surface area (TPSA) is 156 Å². The van der Waals surface area contributed by atoms with Gasteiger partial charge >= 0.3 is 6.09 Å². The number of unbranched alkanes of at least 4 members (excludes halogenated alkanes) is 1. The Bertz CT molecular complexity index is 794. The van der Waals surface area contributed by atoms with Gasteiger partial charge in [-0.25, -0.2) is 4.79 Å². The maximum Gasteiger partial charge on any atom is 0.435 e. The maximum absolute atomic E-state index is 12.3. The van der Waals surface area contributed by atoms with Gasteiger partial charge in [0, 0.05) is 19.0 Å². The van der Waals surface area contributed by atoms with E-state index in [-0.39, 0.29) is 30.5 Å². The van der Waals surface area contributed by atoms with Crippen LogP contribution in [0.15, 0.2) is 23.3 Å². The predicted octanol–water partition coefficient (Wildman–Crippen LogP) is 2.26. The van der Waals surface area contributed by atoms with Gasteiger partial charge in [0.15, 0.2) is 0 Å². The fourth-order valence-electron chi connectivity index (χ4n) is 2.60. The van der Waals surface area contributed by atoms with Crippen LogP contribution < -0.4 is 16.4 Å². The van der Waals surface area contributed by atoms with Crippen LogP contribution in [0, 0.1) is 5.92 Å². The zero-order valence-electron chi connectivity index (χ0n) is 18.8. The van der Waals surface area contributed by atoms with Crippen LogP contribution in [0.3, 0.4) is 0 Å². The summed E-state index contributed by atoms with van der Waals surface area (Å²) >= 11 is 0. The molecule has 0 aliphatic carbocycles. The molecule has 31 heavy (non-hydrogen) atoms. The predicted molar refractivity (Wildman–Crippen MR) is 116 cm³/mol. The molecule has 0 saturated heterocycles. The molecule has 1 rings (SSSR count). The monoisotopic (exact) mass is 435 g/mol. The minimum absolute atomic E-state index is 0.114. The van der Waals surface area contributed by atoms with Gasteiger partial charge in [0.05, 0.1) is 0 Å². The molecule has 0 aliphatic heterocycles. The van der Waals surface area contributed by atoms with Gasteiger partial charge in [0.25, 0.3) is 5.91 Å². The van der Waals surface area contributed by atoms with E-state index in [1.807, 2.05) is 0 Å². The average Bonchev–Trinajstić information content (AvgIpc) is 3.15. The van der Waals surface area contributed by atoms with E-state index in [9.17, 15) is 19.2 Å². The van der Waals surface area contributed by atoms with Gasteiger partial charge in [-0.1, -0.05) is 13.8 Å². The van der Waals surface area contributed by atoms with Gasteiger partial charge in [0.2, 0.25) is 11.8 Å². The molecule has 0 radical (unpaired) electrons. The lowest BCUT2D eigenvalue weighted by atomic mass is 10.0. The second-order valence-electron chi connectivity index (χ2n) is 8.48. The number of H-pyrrole nitrogens is 1. The first kappa shape index (κ1) is 25.9. The Hall–Kier alpha value is -3.17. The Morgan fingerprint density at radius 2 is 1.81 bits per heavy atom. The number of amides is 4. The molecule has 1 heterocycles. The number of amidine groups is 1. The molecule has 0 aromatic carbocycles. The number of carbonyl (C=O) groups is 4. The number of aliphatic imine (C=N–C) groups is 1. The molecule has 0 unspecified atom stereocenters. The third-order valence-electron chi connectivity index (χ3n) is 4.08. The lowest BCUT2D eigenvalue weighted by Crippen LogP contribution is -2.47. The van der Waals surface area contributed by atoms with Gasteiger partial charge in [-0.05, 0) is 51.7 Å². The average molecular weight is 436 g/mol. The van der Waals surface area contributed by atoms with E-state index in [0.717, 1.165) is 0 Å². The molecule has 10 nitrogen and oxygen atoms in total. The number of nitrogens with two attached hydrogens (primary N) is 1. The number of primary amides is 1. The largest absolute Gasteiger partial charge is 0.442 e. The number of hydrogen-bond acceptors (Lipinski definition) is 5. The molecule has 0 saturated carbocycles. The number of ether oxygens (including phenoxy) is 1. The highest BCUT2D eigenvalue weighted by Crippen LogP contribution is 2.10. The summed E-state index contributed by atoms with van der Waals surface area (Å²) in [5, 5.41) is 5.22. The summed E-state index contributed by atoms with van der Waals surface area (Å²) in [5.41, 5.74) is 4.90. The summed E-state index contributed by atoms with van der Waals surface area (Å²) in [5.74, 6) is -1.28. The van der Waals surface area contributed by atoms with E-state index in [2.05, 4.69) is 20.6 Å². The van der Waals surface area contributed by atoms with E-state index in [4.69, 9.17) is 10.5 Å². The van der Waals surface area contributed by atoms with E-state index < -0.39 is 29.6 Å². The number of hydrogen-bond donors (Lipinski definition) is 4. The minimum Gasteiger partial charge on any atom is -0.442 e. The number of nitrogens with zero attached hydrogens (tertiary/aromatic N) is 1. The molecular weight excluding hydrogens is 402 g/mol. The molecular formula is C21H33N5O5. The fraction of sp³-hybridized carbons (Fsp3) is 0.571. The first-order valence-electron chi connectivity index (χ1n) is 10.2. The molecule has 1 aromatic rings. The van der Waals surface area contributed by atoms with Gasteiger partial charge in [-0.2, -0.15) is 4.99 Å². The highest BCUT2D eigenvalue weighted by molar-refractivity contribution is 6.07. The lowest BCUT2D eigenvalue weighted by Gasteiger charge is -2.19. The van der Waals surface area contributed by atoms with Crippen molar-refractivity contribution < 1.29 is 23.9 Å². The lowest BCUT2D eigenvalue weighted by molar-refractivity contribution is -0.128. The van der Waals surface area contributed by atoms with E-state index in [1.165, 1.54) is 0 Å². The minimum atomic E-state index is -0.812. The SMILES string of the molecule is CC(C)[C@H](NC(=O)CCCCC(=NC(=O)OC(C)(C)C)NC(=O)c1ccc[nH]1)C(N)=O. The zero-order chi connectivity index (χ0) is 23.6. The molecule has 1 aromatic heterocycles. The van der Waals surface area contributed by atoms with Crippen molar-refractivity contribution in [3.05, 3.63) is 24.0 Å². The zero-order valence-corrected chi connectivity index (χ0v) is 18.8. The molecule has 1 atom stereocenters. The van der Waals surface area contributed by atoms with Crippen LogP contribution in [0.2, 0.25) is 0 Å². The molecule has 0 fully saturated rings. The number of carbonyl (C=O) groups excluding carboxylic acids is 4. The van der Waals surface area contributed by atoms with Crippen LogP contribution in [0.5, 0.6) is 0 Å². The molecule has 5 N–H and O–H groups in total. The van der Waals surface area contributed by atoms with Gasteiger partial charge < -0.3 is 26.1 Å². The second kappa shape index (κ2) is 11.9. The van der Waals surface area contributed by atoms with E-state index in [1.54, 1.807) is 52.9 Å². The Morgan fingerprint density at radius 3 is 2.32 bits per heavy atom. The first-order chi connectivity index (χ1) is 14.4. The first-order valence-corrected chi connectivity index (χ1v) is 10.2. The fourth-order valence-corrected chi connectivity index (χ4v) is 2.60. The third kappa shape index (κ3) is 10.4. The summed E-state index contributed by atoms with van der Waals surface area (Å²) in [7, 11) is 0. The van der Waals surface area contributed by atoms with Crippen LogP contribution in [-0.4, -0.2) is 46.3 Å². The molecule has 172 valence electrons. The summed E-state index contributed by atoms with van der Waals surface area (Å²) in [6.45, 7) is 8.73. The molecule has 0 bridgehead atoms. The molecule has 0 spiro atoms. The molecule has 4 amide bonds. The van der Waals surface area contributed by atoms with Crippen molar-refractivity contribution >= 4 is 29.7 Å². The molecule has 0 aliphatic rings. The van der Waals surface area contributed by atoms with Crippen molar-refractivity contribution in [1.29, 1.82) is 0 Å². The Balaban J connectivity index is 2.66. The van der Waals surface area contributed by atoms with Crippen LogP contribution in [0.25, 0.3) is 0 Å². The number of rotatable bonds is 9. The highest BCUT2D eigenvalue weighted by atomic mass is 16.6. The van der Waals surface area contributed by atoms with E-state index >= 15 is 0 Å². The number of aromatic amines is 1. The third-order valence-corrected chi connectivity index (χ3v) is 4.08. The van der Waals surface area contributed by atoms with Crippen LogP contribution in [0.4, 0.5) is 4.79 Å². The van der Waals surface area contributed by atoms with Gasteiger partial charge in [-0.3, -0.25) is 14.4 Å². The van der Waals surface area contributed by atoms with Crippen LogP contribution in [-0.2, 0) is 14.3 Å². The van der Waals surface area contributed by atoms with Crippen LogP contribution in [0.1, 0.15) is 70.8 Å².